The van der Waals surface area contributed by atoms with E-state index >= 15 is 0 Å². The van der Waals surface area contributed by atoms with Crippen molar-refractivity contribution in [3.8, 4) is 22.5 Å². The summed E-state index contributed by atoms with van der Waals surface area (Å²) in [4.78, 5) is 32.5. The van der Waals surface area contributed by atoms with Crippen LogP contribution in [0.4, 0.5) is 13.2 Å². The Labute approximate surface area is 160 Å². The number of halogens is 3. The molecule has 0 radical (unpaired) electrons. The largest absolute Gasteiger partial charge is 0.493 e. The number of amides is 1. The highest BCUT2D eigenvalue weighted by Crippen LogP contribution is 2.30. The first-order chi connectivity index (χ1) is 13.3. The lowest BCUT2D eigenvalue weighted by molar-refractivity contribution is -0.199. The maximum absolute atomic E-state index is 12.8. The third-order valence-corrected chi connectivity index (χ3v) is 4.91. The van der Waals surface area contributed by atoms with E-state index in [2.05, 4.69) is 15.1 Å². The molecule has 1 amide bonds. The number of aromatic nitrogens is 2. The molecule has 3 aromatic heterocycles. The predicted octanol–water partition coefficient (Wildman–Crippen LogP) is 3.08. The lowest BCUT2D eigenvalue weighted by Crippen LogP contribution is -2.37. The lowest BCUT2D eigenvalue weighted by Gasteiger charge is -2.17. The average molecular weight is 407 g/mol. The highest BCUT2D eigenvalue weighted by molar-refractivity contribution is 7.08. The minimum atomic E-state index is -5.16. The molecule has 0 bridgehead atoms. The zero-order chi connectivity index (χ0) is 19.9. The van der Waals surface area contributed by atoms with Crippen LogP contribution in [0.3, 0.4) is 0 Å². The monoisotopic (exact) mass is 407 g/mol. The maximum Gasteiger partial charge on any atom is 0.493 e. The van der Waals surface area contributed by atoms with Gasteiger partial charge in [-0.15, -0.1) is 0 Å². The molecule has 0 unspecified atom stereocenters. The Balaban J connectivity index is 1.84. The van der Waals surface area contributed by atoms with Crippen LogP contribution >= 0.6 is 11.3 Å². The molecule has 0 aromatic carbocycles. The van der Waals surface area contributed by atoms with E-state index in [4.69, 9.17) is 0 Å². The molecule has 0 spiro atoms. The summed E-state index contributed by atoms with van der Waals surface area (Å²) in [5, 5.41) is 6.38. The van der Waals surface area contributed by atoms with Gasteiger partial charge in [-0.1, -0.05) is 0 Å². The van der Waals surface area contributed by atoms with Crippen LogP contribution < -0.4 is 10.2 Å². The molecule has 0 saturated heterocycles. The molecule has 10 heteroatoms. The zero-order valence-corrected chi connectivity index (χ0v) is 14.9. The Bertz CT molecular complexity index is 1060. The van der Waals surface area contributed by atoms with Crippen LogP contribution in [0, 0.1) is 0 Å². The molecule has 0 atom stereocenters. The molecule has 1 aliphatic rings. The molecule has 6 nitrogen and oxygen atoms in total. The van der Waals surface area contributed by atoms with Gasteiger partial charge in [0.25, 0.3) is 5.91 Å². The van der Waals surface area contributed by atoms with Crippen molar-refractivity contribution in [3.63, 3.8) is 0 Å². The quantitative estimate of drug-likeness (QED) is 0.724. The Morgan fingerprint density at radius 1 is 1.25 bits per heavy atom. The maximum atomic E-state index is 12.8. The predicted molar refractivity (Wildman–Crippen MR) is 94.7 cm³/mol. The van der Waals surface area contributed by atoms with Crippen molar-refractivity contribution in [3.05, 3.63) is 52.5 Å². The van der Waals surface area contributed by atoms with Gasteiger partial charge >= 0.3 is 12.1 Å². The third-order valence-electron chi connectivity index (χ3n) is 4.23. The van der Waals surface area contributed by atoms with Gasteiger partial charge in [0.1, 0.15) is 0 Å². The number of rotatable bonds is 3. The van der Waals surface area contributed by atoms with Gasteiger partial charge in [0, 0.05) is 35.7 Å². The summed E-state index contributed by atoms with van der Waals surface area (Å²) < 4.78 is 39.1. The molecule has 3 aromatic rings. The zero-order valence-electron chi connectivity index (χ0n) is 14.1. The van der Waals surface area contributed by atoms with Gasteiger partial charge in [0.05, 0.1) is 22.6 Å². The normalized spacial score (nSPS) is 13.8. The van der Waals surface area contributed by atoms with E-state index in [9.17, 15) is 22.8 Å². The number of carbonyl (C=O) groups excluding carboxylic acids is 2. The van der Waals surface area contributed by atoms with E-state index in [-0.39, 0.29) is 29.9 Å². The topological polar surface area (TPSA) is 73.2 Å². The van der Waals surface area contributed by atoms with E-state index in [0.29, 0.717) is 11.3 Å². The second-order valence-electron chi connectivity index (χ2n) is 6.01. The average Bonchev–Trinajstić information content (AvgIpc) is 3.30. The molecule has 28 heavy (non-hydrogen) atoms. The van der Waals surface area contributed by atoms with Gasteiger partial charge in [-0.25, -0.2) is 4.79 Å². The van der Waals surface area contributed by atoms with Gasteiger partial charge in [0.2, 0.25) is 0 Å². The van der Waals surface area contributed by atoms with E-state index < -0.39 is 18.1 Å². The molecule has 1 N–H and O–H groups in total. The van der Waals surface area contributed by atoms with E-state index in [1.807, 2.05) is 16.8 Å². The van der Waals surface area contributed by atoms with Gasteiger partial charge in [-0.3, -0.25) is 9.78 Å². The number of carbonyl (C=O) groups is 2. The Kier molecular flexibility index (Phi) is 4.42. The van der Waals surface area contributed by atoms with Crippen LogP contribution in [-0.2, 0) is 11.2 Å². The molecule has 0 saturated carbocycles. The van der Waals surface area contributed by atoms with Crippen LogP contribution in [0.5, 0.6) is 0 Å². The van der Waals surface area contributed by atoms with Crippen LogP contribution in [0.15, 0.2) is 41.2 Å². The first-order valence-electron chi connectivity index (χ1n) is 8.16. The SMILES string of the molecule is O=C1NCCc2c1cc(-c1ccnc(-c3ccsc3)c1)n2OC(=O)C(F)(F)F. The smallest absolute Gasteiger partial charge is 0.352 e. The number of thiophene rings is 1. The first-order valence-corrected chi connectivity index (χ1v) is 9.10. The van der Waals surface area contributed by atoms with Crippen molar-refractivity contribution in [1.82, 2.24) is 15.0 Å². The van der Waals surface area contributed by atoms with Crippen LogP contribution in [0.2, 0.25) is 0 Å². The van der Waals surface area contributed by atoms with Gasteiger partial charge in [-0.2, -0.15) is 29.2 Å². The van der Waals surface area contributed by atoms with E-state index in [1.165, 1.54) is 23.6 Å². The van der Waals surface area contributed by atoms with Crippen molar-refractivity contribution in [2.45, 2.75) is 12.6 Å². The molecule has 0 fully saturated rings. The number of nitrogens with zero attached hydrogens (tertiary/aromatic N) is 2. The minimum absolute atomic E-state index is 0.165. The highest BCUT2D eigenvalue weighted by Gasteiger charge is 2.43. The Morgan fingerprint density at radius 2 is 2.07 bits per heavy atom. The minimum Gasteiger partial charge on any atom is -0.352 e. The van der Waals surface area contributed by atoms with Gasteiger partial charge < -0.3 is 10.2 Å². The fourth-order valence-electron chi connectivity index (χ4n) is 2.95. The molecule has 1 aliphatic heterocycles. The molecule has 144 valence electrons. The number of alkyl halides is 3. The summed E-state index contributed by atoms with van der Waals surface area (Å²) in [6, 6.07) is 6.52. The number of fused-ring (bicyclic) bond motifs is 1. The summed E-state index contributed by atoms with van der Waals surface area (Å²) in [5.41, 5.74) is 2.47. The first kappa shape index (κ1) is 18.2. The van der Waals surface area contributed by atoms with E-state index in [0.717, 1.165) is 10.3 Å². The lowest BCUT2D eigenvalue weighted by atomic mass is 10.1. The fraction of sp³-hybridized carbons (Fsp3) is 0.167. The molecule has 4 rings (SSSR count). The van der Waals surface area contributed by atoms with Gasteiger partial charge in [0.15, 0.2) is 0 Å². The number of nitrogens with one attached hydrogen (secondary N) is 1. The third kappa shape index (κ3) is 3.26. The second kappa shape index (κ2) is 6.79. The summed E-state index contributed by atoms with van der Waals surface area (Å²) in [6.45, 7) is 0.232. The van der Waals surface area contributed by atoms with Crippen LogP contribution in [0.1, 0.15) is 16.1 Å². The van der Waals surface area contributed by atoms with Crippen molar-refractivity contribution >= 4 is 23.2 Å². The molecule has 0 aliphatic carbocycles. The summed E-state index contributed by atoms with van der Waals surface area (Å²) >= 11 is 1.48. The highest BCUT2D eigenvalue weighted by atomic mass is 32.1. The number of hydrogen-bond donors (Lipinski definition) is 1. The number of pyridine rings is 1. The molecule has 4 heterocycles. The van der Waals surface area contributed by atoms with Gasteiger partial charge in [-0.05, 0) is 29.6 Å². The molecular weight excluding hydrogens is 395 g/mol. The van der Waals surface area contributed by atoms with Crippen molar-refractivity contribution < 1.29 is 27.6 Å². The van der Waals surface area contributed by atoms with Crippen LogP contribution in [-0.4, -0.2) is 34.3 Å². The Morgan fingerprint density at radius 3 is 2.79 bits per heavy atom. The van der Waals surface area contributed by atoms with Crippen molar-refractivity contribution in [2.24, 2.45) is 0 Å². The molecular formula is C18H12F3N3O3S. The van der Waals surface area contributed by atoms with Crippen molar-refractivity contribution in [1.29, 1.82) is 0 Å². The summed E-state index contributed by atoms with van der Waals surface area (Å²) in [6.07, 6.45) is -3.43. The fourth-order valence-corrected chi connectivity index (χ4v) is 3.60. The Hall–Kier alpha value is -3.14. The summed E-state index contributed by atoms with van der Waals surface area (Å²) in [7, 11) is 0. The van der Waals surface area contributed by atoms with Crippen LogP contribution in [0.25, 0.3) is 22.5 Å². The van der Waals surface area contributed by atoms with Crippen molar-refractivity contribution in [2.75, 3.05) is 6.54 Å². The number of hydrogen-bond acceptors (Lipinski definition) is 5. The summed E-state index contributed by atoms with van der Waals surface area (Å²) in [5.74, 6) is -2.79. The van der Waals surface area contributed by atoms with E-state index in [1.54, 1.807) is 12.1 Å². The second-order valence-corrected chi connectivity index (χ2v) is 6.79. The standard InChI is InChI=1S/C18H12F3N3O3S/c19-18(20,21)17(26)27-24-14-2-5-23-16(25)12(14)8-15(24)10-1-4-22-13(7-10)11-3-6-28-9-11/h1,3-4,6-9H,2,5H2,(H,23,25).